The first-order valence-corrected chi connectivity index (χ1v) is 12.0. The average Bonchev–Trinajstić information content (AvgIpc) is 3.02. The molecule has 2 rings (SSSR count). The average molecular weight is 473 g/mol. The zero-order valence-corrected chi connectivity index (χ0v) is 23.8. The van der Waals surface area contributed by atoms with Crippen LogP contribution in [0.4, 0.5) is 0 Å². The summed E-state index contributed by atoms with van der Waals surface area (Å²) in [5, 5.41) is 0. The Balaban J connectivity index is 0.00000392. The molecule has 3 heteroatoms. The van der Waals surface area contributed by atoms with E-state index in [9.17, 15) is 0 Å². The molecule has 2 aliphatic carbocycles. The number of hydrogen-bond donors (Lipinski definition) is 0. The minimum Gasteiger partial charge on any atom is -1.00 e. The van der Waals surface area contributed by atoms with Crippen LogP contribution < -0.4 is 24.8 Å². The third-order valence-corrected chi connectivity index (χ3v) is 11.1. The van der Waals surface area contributed by atoms with Gasteiger partial charge in [-0.25, -0.2) is 0 Å². The Bertz CT molecular complexity index is 650. The fourth-order valence-electron chi connectivity index (χ4n) is 3.86. The Morgan fingerprint density at radius 2 is 0.828 bits per heavy atom. The first kappa shape index (κ1) is 29.3. The summed E-state index contributed by atoms with van der Waals surface area (Å²) in [6, 6.07) is 0. The van der Waals surface area contributed by atoms with Crippen LogP contribution >= 0.6 is 0 Å². The molecule has 0 aromatic carbocycles. The van der Waals surface area contributed by atoms with Crippen molar-refractivity contribution in [2.45, 2.75) is 90.5 Å². The molecule has 164 valence electrons. The molecule has 0 radical (unpaired) electrons. The van der Waals surface area contributed by atoms with E-state index in [2.05, 4.69) is 120 Å². The molecular formula is C26H42Cl2Ti. The Kier molecular flexibility index (Phi) is 8.73. The molecule has 0 N–H and O–H groups in total. The molecule has 0 aromatic heterocycles. The second-order valence-corrected chi connectivity index (χ2v) is 15.7. The van der Waals surface area contributed by atoms with Crippen LogP contribution in [0.5, 0.6) is 0 Å². The van der Waals surface area contributed by atoms with E-state index in [-0.39, 0.29) is 53.9 Å². The van der Waals surface area contributed by atoms with Crippen LogP contribution in [-0.2, 0) is 19.2 Å². The Labute approximate surface area is 202 Å². The maximum absolute atomic E-state index is 2.65. The summed E-state index contributed by atoms with van der Waals surface area (Å²) >= 11 is -0.395. The van der Waals surface area contributed by atoms with Gasteiger partial charge in [-0.1, -0.05) is 0 Å². The van der Waals surface area contributed by atoms with Crippen molar-refractivity contribution in [1.29, 1.82) is 0 Å². The van der Waals surface area contributed by atoms with Gasteiger partial charge in [0.05, 0.1) is 0 Å². The van der Waals surface area contributed by atoms with E-state index < -0.39 is 19.2 Å². The maximum Gasteiger partial charge on any atom is -1.00 e. The van der Waals surface area contributed by atoms with Gasteiger partial charge in [0.15, 0.2) is 0 Å². The zero-order chi connectivity index (χ0) is 21.1. The monoisotopic (exact) mass is 472 g/mol. The summed E-state index contributed by atoms with van der Waals surface area (Å²) in [7, 11) is 0. The van der Waals surface area contributed by atoms with Crippen molar-refractivity contribution in [1.82, 2.24) is 0 Å². The predicted octanol–water partition coefficient (Wildman–Crippen LogP) is 2.57. The zero-order valence-electron chi connectivity index (χ0n) is 20.7. The van der Waals surface area contributed by atoms with Crippen LogP contribution in [0.15, 0.2) is 47.6 Å². The molecule has 0 fully saturated rings. The van der Waals surface area contributed by atoms with E-state index in [0.29, 0.717) is 0 Å². The molecule has 0 bridgehead atoms. The topological polar surface area (TPSA) is 0 Å². The van der Waals surface area contributed by atoms with Crippen molar-refractivity contribution in [3.05, 3.63) is 47.6 Å². The second-order valence-electron chi connectivity index (χ2n) is 12.7. The summed E-state index contributed by atoms with van der Waals surface area (Å²) < 4.78 is 0.383. The molecule has 0 nitrogen and oxygen atoms in total. The van der Waals surface area contributed by atoms with E-state index in [0.717, 1.165) is 0 Å². The SMILES string of the molecule is CC(C)(C)C1=C[C]([Ti+2][C]2(C(C)(C)C)C=CC(C(C)(C)C)=C2)(C(C)(C)C)C=C1.[Cl-].[Cl-]. The molecule has 2 atom stereocenters. The van der Waals surface area contributed by atoms with Gasteiger partial charge in [0, 0.05) is 0 Å². The van der Waals surface area contributed by atoms with Gasteiger partial charge >= 0.3 is 179 Å². The first-order chi connectivity index (χ1) is 11.8. The van der Waals surface area contributed by atoms with E-state index in [1.165, 1.54) is 11.1 Å². The smallest absolute Gasteiger partial charge is 1.00 e. The third-order valence-electron chi connectivity index (χ3n) is 6.45. The van der Waals surface area contributed by atoms with Crippen LogP contribution in [0.3, 0.4) is 0 Å². The number of rotatable bonds is 2. The normalized spacial score (nSPS) is 27.0. The molecule has 0 spiro atoms. The van der Waals surface area contributed by atoms with Crippen molar-refractivity contribution in [2.75, 3.05) is 0 Å². The molecule has 0 saturated carbocycles. The van der Waals surface area contributed by atoms with Crippen LogP contribution in [0.25, 0.3) is 0 Å². The Morgan fingerprint density at radius 1 is 0.552 bits per heavy atom. The molecule has 0 amide bonds. The van der Waals surface area contributed by atoms with Gasteiger partial charge in [0.25, 0.3) is 0 Å². The number of hydrogen-bond acceptors (Lipinski definition) is 0. The van der Waals surface area contributed by atoms with Crippen LogP contribution in [0.2, 0.25) is 7.44 Å². The fourth-order valence-corrected chi connectivity index (χ4v) is 7.34. The van der Waals surface area contributed by atoms with Gasteiger partial charge in [-0.2, -0.15) is 0 Å². The van der Waals surface area contributed by atoms with Gasteiger partial charge in [-0.3, -0.25) is 0 Å². The standard InChI is InChI=1S/2C13H21.2ClH.Ti/c2*1-12(2,3)10-7-8-11(9-10)13(4,5)6;;;/h2*7-9H,1-6H3;2*1H;/q;;;;+2/p-2. The fraction of sp³-hybridized carbons (Fsp3) is 0.692. The second kappa shape index (κ2) is 8.65. The summed E-state index contributed by atoms with van der Waals surface area (Å²) in [6.45, 7) is 28.7. The minimum absolute atomic E-state index is 0. The van der Waals surface area contributed by atoms with E-state index in [1.807, 2.05) is 0 Å². The van der Waals surface area contributed by atoms with E-state index in [1.54, 1.807) is 0 Å². The predicted molar refractivity (Wildman–Crippen MR) is 118 cm³/mol. The third kappa shape index (κ3) is 5.74. The van der Waals surface area contributed by atoms with E-state index >= 15 is 0 Å². The van der Waals surface area contributed by atoms with Crippen LogP contribution in [-0.4, -0.2) is 0 Å². The van der Waals surface area contributed by atoms with Crippen molar-refractivity contribution < 1.29 is 44.0 Å². The van der Waals surface area contributed by atoms with Gasteiger partial charge < -0.3 is 24.8 Å². The first-order valence-electron chi connectivity index (χ1n) is 10.5. The Morgan fingerprint density at radius 3 is 1.00 bits per heavy atom. The van der Waals surface area contributed by atoms with Gasteiger partial charge in [0.1, 0.15) is 0 Å². The molecule has 2 aliphatic rings. The van der Waals surface area contributed by atoms with Crippen molar-refractivity contribution in [3.8, 4) is 0 Å². The molecular weight excluding hydrogens is 431 g/mol. The largest absolute Gasteiger partial charge is 1.00 e. The minimum atomic E-state index is -0.395. The molecule has 0 saturated heterocycles. The molecule has 29 heavy (non-hydrogen) atoms. The van der Waals surface area contributed by atoms with Crippen molar-refractivity contribution in [3.63, 3.8) is 0 Å². The summed E-state index contributed by atoms with van der Waals surface area (Å²) in [4.78, 5) is 0. The number of halogens is 2. The molecule has 2 unspecified atom stereocenters. The van der Waals surface area contributed by atoms with E-state index in [4.69, 9.17) is 0 Å². The van der Waals surface area contributed by atoms with Gasteiger partial charge in [-0.15, -0.1) is 0 Å². The Hall–Kier alpha value is 0.254. The van der Waals surface area contributed by atoms with Crippen molar-refractivity contribution in [2.24, 2.45) is 21.7 Å². The number of allylic oxidation sites excluding steroid dienone is 8. The van der Waals surface area contributed by atoms with Crippen LogP contribution in [0.1, 0.15) is 83.1 Å². The summed E-state index contributed by atoms with van der Waals surface area (Å²) in [5.41, 5.74) is 3.88. The summed E-state index contributed by atoms with van der Waals surface area (Å²) in [5.74, 6) is 0. The van der Waals surface area contributed by atoms with Gasteiger partial charge in [0.2, 0.25) is 0 Å². The van der Waals surface area contributed by atoms with Crippen molar-refractivity contribution >= 4 is 0 Å². The molecule has 0 aromatic rings. The van der Waals surface area contributed by atoms with Gasteiger partial charge in [-0.05, 0) is 0 Å². The molecule has 0 heterocycles. The molecule has 0 aliphatic heterocycles. The summed E-state index contributed by atoms with van der Waals surface area (Å²) in [6.07, 6.45) is 15.3. The quantitative estimate of drug-likeness (QED) is 0.541. The maximum atomic E-state index is 2.65. The van der Waals surface area contributed by atoms with Crippen LogP contribution in [0, 0.1) is 21.7 Å².